The van der Waals surface area contributed by atoms with Crippen LogP contribution >= 0.6 is 15.9 Å². The Balaban J connectivity index is 1.78. The van der Waals surface area contributed by atoms with Gasteiger partial charge in [-0.15, -0.1) is 0 Å². The zero-order chi connectivity index (χ0) is 16.1. The Morgan fingerprint density at radius 2 is 1.82 bits per heavy atom. The summed E-state index contributed by atoms with van der Waals surface area (Å²) in [5, 5.41) is 0. The van der Waals surface area contributed by atoms with Gasteiger partial charge in [0, 0.05) is 31.7 Å². The number of ether oxygens (including phenoxy) is 1. The van der Waals surface area contributed by atoms with Gasteiger partial charge in [-0.1, -0.05) is 15.9 Å². The van der Waals surface area contributed by atoms with Gasteiger partial charge in [0.2, 0.25) is 5.91 Å². The van der Waals surface area contributed by atoms with Gasteiger partial charge in [0.25, 0.3) is 0 Å². The second-order valence-electron chi connectivity index (χ2n) is 5.68. The van der Waals surface area contributed by atoms with Crippen LogP contribution in [0.3, 0.4) is 0 Å². The van der Waals surface area contributed by atoms with Crippen LogP contribution < -0.4 is 0 Å². The molecule has 0 atom stereocenters. The topological polar surface area (TPSA) is 49.9 Å². The molecule has 2 rings (SSSR count). The predicted molar refractivity (Wildman–Crippen MR) is 87.7 cm³/mol. The molecule has 1 aliphatic rings. The number of amides is 1. The van der Waals surface area contributed by atoms with Crippen LogP contribution in [0.15, 0.2) is 28.7 Å². The second kappa shape index (κ2) is 7.74. The SMILES string of the molecule is CN(C)C(=O)CN1CCC(OC(=O)c2ccc(Br)cc2)CC1. The molecule has 5 nitrogen and oxygen atoms in total. The molecule has 0 unspecified atom stereocenters. The summed E-state index contributed by atoms with van der Waals surface area (Å²) in [5.41, 5.74) is 0.563. The Kier molecular flexibility index (Phi) is 5.97. The van der Waals surface area contributed by atoms with Gasteiger partial charge in [-0.2, -0.15) is 0 Å². The fourth-order valence-corrected chi connectivity index (χ4v) is 2.59. The number of nitrogens with zero attached hydrogens (tertiary/aromatic N) is 2. The molecular weight excluding hydrogens is 348 g/mol. The van der Waals surface area contributed by atoms with E-state index >= 15 is 0 Å². The number of halogens is 1. The first kappa shape index (κ1) is 17.0. The highest BCUT2D eigenvalue weighted by Gasteiger charge is 2.24. The van der Waals surface area contributed by atoms with E-state index in [1.54, 1.807) is 31.1 Å². The molecule has 0 saturated carbocycles. The minimum atomic E-state index is -0.282. The van der Waals surface area contributed by atoms with Crippen molar-refractivity contribution in [3.05, 3.63) is 34.3 Å². The van der Waals surface area contributed by atoms with E-state index in [0.29, 0.717) is 12.1 Å². The Morgan fingerprint density at radius 3 is 2.36 bits per heavy atom. The van der Waals surface area contributed by atoms with Crippen molar-refractivity contribution < 1.29 is 14.3 Å². The molecule has 0 spiro atoms. The van der Waals surface area contributed by atoms with Gasteiger partial charge < -0.3 is 9.64 Å². The molecule has 0 aromatic heterocycles. The molecule has 1 saturated heterocycles. The second-order valence-corrected chi connectivity index (χ2v) is 6.59. The molecule has 0 N–H and O–H groups in total. The number of likely N-dealkylation sites (N-methyl/N-ethyl adjacent to an activating group) is 1. The van der Waals surface area contributed by atoms with Crippen molar-refractivity contribution in [2.45, 2.75) is 18.9 Å². The highest BCUT2D eigenvalue weighted by Crippen LogP contribution is 2.17. The van der Waals surface area contributed by atoms with Gasteiger partial charge in [0.05, 0.1) is 12.1 Å². The van der Waals surface area contributed by atoms with Crippen molar-refractivity contribution in [2.75, 3.05) is 33.7 Å². The summed E-state index contributed by atoms with van der Waals surface area (Å²) in [6.45, 7) is 1.98. The van der Waals surface area contributed by atoms with E-state index in [1.165, 1.54) is 0 Å². The first-order valence-corrected chi connectivity index (χ1v) is 8.14. The number of benzene rings is 1. The number of likely N-dealkylation sites (tertiary alicyclic amines) is 1. The lowest BCUT2D eigenvalue weighted by atomic mass is 10.1. The number of hydrogen-bond donors (Lipinski definition) is 0. The quantitative estimate of drug-likeness (QED) is 0.764. The lowest BCUT2D eigenvalue weighted by Gasteiger charge is -2.31. The Hall–Kier alpha value is -1.40. The summed E-state index contributed by atoms with van der Waals surface area (Å²) < 4.78 is 6.48. The van der Waals surface area contributed by atoms with Crippen LogP contribution in [0.25, 0.3) is 0 Å². The van der Waals surface area contributed by atoms with Crippen LogP contribution in [0.2, 0.25) is 0 Å². The Labute approximate surface area is 139 Å². The summed E-state index contributed by atoms with van der Waals surface area (Å²) in [5.74, 6) is -0.180. The van der Waals surface area contributed by atoms with Crippen molar-refractivity contribution in [3.8, 4) is 0 Å². The monoisotopic (exact) mass is 368 g/mol. The van der Waals surface area contributed by atoms with Gasteiger partial charge in [-0.3, -0.25) is 9.69 Å². The lowest BCUT2D eigenvalue weighted by molar-refractivity contribution is -0.130. The minimum Gasteiger partial charge on any atom is -0.459 e. The Bertz CT molecular complexity index is 523. The van der Waals surface area contributed by atoms with Crippen LogP contribution in [-0.4, -0.2) is 61.5 Å². The van der Waals surface area contributed by atoms with Crippen LogP contribution in [0, 0.1) is 0 Å². The number of hydrogen-bond acceptors (Lipinski definition) is 4. The van der Waals surface area contributed by atoms with Crippen molar-refractivity contribution in [1.29, 1.82) is 0 Å². The highest BCUT2D eigenvalue weighted by molar-refractivity contribution is 9.10. The average molecular weight is 369 g/mol. The molecule has 120 valence electrons. The number of piperidine rings is 1. The molecule has 1 heterocycles. The lowest BCUT2D eigenvalue weighted by Crippen LogP contribution is -2.43. The van der Waals surface area contributed by atoms with Gasteiger partial charge in [0.1, 0.15) is 6.10 Å². The normalized spacial score (nSPS) is 16.3. The van der Waals surface area contributed by atoms with E-state index in [2.05, 4.69) is 20.8 Å². The van der Waals surface area contributed by atoms with Crippen molar-refractivity contribution in [1.82, 2.24) is 9.80 Å². The molecule has 1 aliphatic heterocycles. The zero-order valence-corrected chi connectivity index (χ0v) is 14.5. The molecule has 1 aromatic carbocycles. The molecule has 0 bridgehead atoms. The average Bonchev–Trinajstić information content (AvgIpc) is 2.49. The van der Waals surface area contributed by atoms with E-state index in [0.717, 1.165) is 30.4 Å². The molecule has 1 fully saturated rings. The number of rotatable bonds is 4. The Morgan fingerprint density at radius 1 is 1.23 bits per heavy atom. The van der Waals surface area contributed by atoms with Crippen molar-refractivity contribution >= 4 is 27.8 Å². The van der Waals surface area contributed by atoms with E-state index < -0.39 is 0 Å². The maximum Gasteiger partial charge on any atom is 0.338 e. The standard InChI is InChI=1S/C16H21BrN2O3/c1-18(2)15(20)11-19-9-7-14(8-10-19)22-16(21)12-3-5-13(17)6-4-12/h3-6,14H,7-11H2,1-2H3. The van der Waals surface area contributed by atoms with E-state index in [9.17, 15) is 9.59 Å². The fraction of sp³-hybridized carbons (Fsp3) is 0.500. The molecule has 0 aliphatic carbocycles. The number of carbonyl (C=O) groups is 2. The molecule has 6 heteroatoms. The van der Waals surface area contributed by atoms with Crippen molar-refractivity contribution in [3.63, 3.8) is 0 Å². The van der Waals surface area contributed by atoms with Crippen LogP contribution in [0.1, 0.15) is 23.2 Å². The van der Waals surface area contributed by atoms with Gasteiger partial charge in [-0.25, -0.2) is 4.79 Å². The number of carbonyl (C=O) groups excluding carboxylic acids is 2. The first-order valence-electron chi connectivity index (χ1n) is 7.35. The zero-order valence-electron chi connectivity index (χ0n) is 12.9. The largest absolute Gasteiger partial charge is 0.459 e. The maximum atomic E-state index is 12.1. The molecule has 22 heavy (non-hydrogen) atoms. The minimum absolute atomic E-state index is 0.0677. The summed E-state index contributed by atoms with van der Waals surface area (Å²) >= 11 is 3.34. The summed E-state index contributed by atoms with van der Waals surface area (Å²) in [7, 11) is 3.52. The van der Waals surface area contributed by atoms with Gasteiger partial charge >= 0.3 is 5.97 Å². The van der Waals surface area contributed by atoms with Crippen molar-refractivity contribution in [2.24, 2.45) is 0 Å². The van der Waals surface area contributed by atoms with Crippen LogP contribution in [0.4, 0.5) is 0 Å². The first-order chi connectivity index (χ1) is 10.5. The van der Waals surface area contributed by atoms with E-state index in [4.69, 9.17) is 4.74 Å². The summed E-state index contributed by atoms with van der Waals surface area (Å²) in [4.78, 5) is 27.4. The third-order valence-corrected chi connectivity index (χ3v) is 4.27. The fourth-order valence-electron chi connectivity index (χ4n) is 2.32. The maximum absolute atomic E-state index is 12.1. The molecular formula is C16H21BrN2O3. The third-order valence-electron chi connectivity index (χ3n) is 3.75. The van der Waals surface area contributed by atoms with Gasteiger partial charge in [0.15, 0.2) is 0 Å². The summed E-state index contributed by atoms with van der Waals surface area (Å²) in [6.07, 6.45) is 1.47. The highest BCUT2D eigenvalue weighted by atomic mass is 79.9. The molecule has 0 radical (unpaired) electrons. The number of esters is 1. The predicted octanol–water partition coefficient (Wildman–Crippen LogP) is 2.16. The van der Waals surface area contributed by atoms with E-state index in [-0.39, 0.29) is 18.0 Å². The van der Waals surface area contributed by atoms with Crippen LogP contribution in [-0.2, 0) is 9.53 Å². The van der Waals surface area contributed by atoms with Crippen LogP contribution in [0.5, 0.6) is 0 Å². The van der Waals surface area contributed by atoms with Gasteiger partial charge in [-0.05, 0) is 37.1 Å². The summed E-state index contributed by atoms with van der Waals surface area (Å²) in [6, 6.07) is 7.15. The van der Waals surface area contributed by atoms with E-state index in [1.807, 2.05) is 12.1 Å². The smallest absolute Gasteiger partial charge is 0.338 e. The molecule has 1 aromatic rings. The molecule has 1 amide bonds. The third kappa shape index (κ3) is 4.81.